The molecule has 0 aliphatic rings. The molecule has 2 amide bonds. The van der Waals surface area contributed by atoms with Crippen LogP contribution < -0.4 is 10.6 Å². The molecule has 7 nitrogen and oxygen atoms in total. The molecule has 0 atom stereocenters. The summed E-state index contributed by atoms with van der Waals surface area (Å²) in [5.74, 6) is -1.65. The van der Waals surface area contributed by atoms with E-state index in [0.29, 0.717) is 10.6 Å². The average Bonchev–Trinajstić information content (AvgIpc) is 2.96. The lowest BCUT2D eigenvalue weighted by Gasteiger charge is -2.06. The minimum absolute atomic E-state index is 0.0792. The van der Waals surface area contributed by atoms with Gasteiger partial charge in [0.15, 0.2) is 0 Å². The van der Waals surface area contributed by atoms with Crippen molar-refractivity contribution in [3.63, 3.8) is 0 Å². The van der Waals surface area contributed by atoms with E-state index in [1.54, 1.807) is 24.3 Å². The second-order valence-electron chi connectivity index (χ2n) is 5.77. The molecule has 0 saturated heterocycles. The predicted octanol–water partition coefficient (Wildman–Crippen LogP) is 2.40. The van der Waals surface area contributed by atoms with Gasteiger partial charge in [-0.25, -0.2) is 4.98 Å². The number of amides is 2. The number of aryl methyl sites for hydroxylation is 2. The van der Waals surface area contributed by atoms with Crippen LogP contribution in [0.2, 0.25) is 0 Å². The van der Waals surface area contributed by atoms with Gasteiger partial charge in [0.2, 0.25) is 5.91 Å². The van der Waals surface area contributed by atoms with Crippen LogP contribution in [0.15, 0.2) is 24.3 Å². The van der Waals surface area contributed by atoms with Crippen LogP contribution in [-0.2, 0) is 22.4 Å². The number of hydrogen-bond donors (Lipinski definition) is 3. The Morgan fingerprint density at radius 2 is 1.88 bits per heavy atom. The molecule has 0 saturated carbocycles. The maximum absolute atomic E-state index is 12.4. The third kappa shape index (κ3) is 5.66. The van der Waals surface area contributed by atoms with Gasteiger partial charge in [0, 0.05) is 5.69 Å². The SMILES string of the molecule is CCCc1nc(C)c(C(=O)Nc2ccc(CC(=O)NCC(=O)O)cc2)s1. The minimum Gasteiger partial charge on any atom is -0.480 e. The van der Waals surface area contributed by atoms with Crippen LogP contribution in [0.4, 0.5) is 5.69 Å². The van der Waals surface area contributed by atoms with E-state index in [1.807, 2.05) is 6.92 Å². The molecule has 0 radical (unpaired) electrons. The summed E-state index contributed by atoms with van der Waals surface area (Å²) < 4.78 is 0. The third-order valence-electron chi connectivity index (χ3n) is 3.52. The Bertz CT molecular complexity index is 799. The number of carbonyl (C=O) groups excluding carboxylic acids is 2. The number of hydrogen-bond acceptors (Lipinski definition) is 5. The average molecular weight is 375 g/mol. The number of anilines is 1. The maximum atomic E-state index is 12.4. The minimum atomic E-state index is -1.09. The van der Waals surface area contributed by atoms with Crippen LogP contribution in [0, 0.1) is 6.92 Å². The number of thiazole rings is 1. The molecule has 1 aromatic carbocycles. The molecule has 0 aliphatic carbocycles. The van der Waals surface area contributed by atoms with Gasteiger partial charge < -0.3 is 15.7 Å². The number of aromatic nitrogens is 1. The smallest absolute Gasteiger partial charge is 0.322 e. The number of carboxylic acids is 1. The highest BCUT2D eigenvalue weighted by atomic mass is 32.1. The number of nitrogens with one attached hydrogen (secondary N) is 2. The van der Waals surface area contributed by atoms with Crippen LogP contribution in [0.3, 0.4) is 0 Å². The van der Waals surface area contributed by atoms with Gasteiger partial charge in [0.05, 0.1) is 17.1 Å². The quantitative estimate of drug-likeness (QED) is 0.656. The Labute approximate surface area is 155 Å². The first kappa shape index (κ1) is 19.6. The number of aliphatic carboxylic acids is 1. The summed E-state index contributed by atoms with van der Waals surface area (Å²) in [7, 11) is 0. The molecule has 0 fully saturated rings. The summed E-state index contributed by atoms with van der Waals surface area (Å²) in [5, 5.41) is 14.6. The van der Waals surface area contributed by atoms with Gasteiger partial charge in [-0.15, -0.1) is 11.3 Å². The highest BCUT2D eigenvalue weighted by Crippen LogP contribution is 2.21. The Morgan fingerprint density at radius 1 is 1.19 bits per heavy atom. The van der Waals surface area contributed by atoms with Crippen LogP contribution in [0.1, 0.15) is 39.3 Å². The molecule has 0 aliphatic heterocycles. The third-order valence-corrected chi connectivity index (χ3v) is 4.74. The molecular weight excluding hydrogens is 354 g/mol. The summed E-state index contributed by atoms with van der Waals surface area (Å²) in [6.45, 7) is 3.49. The number of nitrogens with zero attached hydrogens (tertiary/aromatic N) is 1. The van der Waals surface area contributed by atoms with E-state index in [2.05, 4.69) is 22.5 Å². The van der Waals surface area contributed by atoms with E-state index in [-0.39, 0.29) is 18.2 Å². The van der Waals surface area contributed by atoms with Crippen LogP contribution in [-0.4, -0.2) is 34.4 Å². The molecule has 1 heterocycles. The molecule has 2 rings (SSSR count). The highest BCUT2D eigenvalue weighted by molar-refractivity contribution is 7.13. The monoisotopic (exact) mass is 375 g/mol. The summed E-state index contributed by atoms with van der Waals surface area (Å²) in [6.07, 6.45) is 1.92. The first-order valence-corrected chi connectivity index (χ1v) is 9.05. The lowest BCUT2D eigenvalue weighted by atomic mass is 10.1. The molecule has 3 N–H and O–H groups in total. The molecule has 0 unspecified atom stereocenters. The summed E-state index contributed by atoms with van der Waals surface area (Å²) >= 11 is 1.41. The van der Waals surface area contributed by atoms with Gasteiger partial charge in [-0.05, 0) is 37.5 Å². The van der Waals surface area contributed by atoms with E-state index >= 15 is 0 Å². The zero-order chi connectivity index (χ0) is 19.1. The van der Waals surface area contributed by atoms with Crippen LogP contribution in [0.5, 0.6) is 0 Å². The second-order valence-corrected chi connectivity index (χ2v) is 6.85. The van der Waals surface area contributed by atoms with Crippen molar-refractivity contribution in [1.29, 1.82) is 0 Å². The van der Waals surface area contributed by atoms with Crippen molar-refractivity contribution in [2.24, 2.45) is 0 Å². The van der Waals surface area contributed by atoms with Gasteiger partial charge in [-0.1, -0.05) is 19.1 Å². The number of carboxylic acid groups (broad SMARTS) is 1. The molecule has 1 aromatic heterocycles. The van der Waals surface area contributed by atoms with Crippen LogP contribution in [0.25, 0.3) is 0 Å². The lowest BCUT2D eigenvalue weighted by molar-refractivity contribution is -0.137. The number of benzene rings is 1. The molecule has 26 heavy (non-hydrogen) atoms. The largest absolute Gasteiger partial charge is 0.480 e. The normalized spacial score (nSPS) is 10.4. The van der Waals surface area contributed by atoms with E-state index in [1.165, 1.54) is 11.3 Å². The number of carbonyl (C=O) groups is 3. The Kier molecular flexibility index (Phi) is 6.85. The molecule has 0 spiro atoms. The molecule has 8 heteroatoms. The van der Waals surface area contributed by atoms with Crippen molar-refractivity contribution >= 4 is 34.8 Å². The topological polar surface area (TPSA) is 108 Å². The fourth-order valence-corrected chi connectivity index (χ4v) is 3.36. The predicted molar refractivity (Wildman–Crippen MR) is 99.6 cm³/mol. The van der Waals surface area contributed by atoms with Crippen molar-refractivity contribution in [3.05, 3.63) is 45.4 Å². The van der Waals surface area contributed by atoms with Gasteiger partial charge in [-0.2, -0.15) is 0 Å². The Morgan fingerprint density at radius 3 is 2.50 bits per heavy atom. The van der Waals surface area contributed by atoms with E-state index in [0.717, 1.165) is 29.1 Å². The summed E-state index contributed by atoms with van der Waals surface area (Å²) in [5.41, 5.74) is 2.07. The zero-order valence-corrected chi connectivity index (χ0v) is 15.5. The molecule has 2 aromatic rings. The Balaban J connectivity index is 1.95. The molecule has 0 bridgehead atoms. The fourth-order valence-electron chi connectivity index (χ4n) is 2.30. The molecule has 138 valence electrons. The van der Waals surface area contributed by atoms with Crippen molar-refractivity contribution in [3.8, 4) is 0 Å². The maximum Gasteiger partial charge on any atom is 0.322 e. The highest BCUT2D eigenvalue weighted by Gasteiger charge is 2.15. The lowest BCUT2D eigenvalue weighted by Crippen LogP contribution is -2.30. The second kappa shape index (κ2) is 9.10. The van der Waals surface area contributed by atoms with Crippen molar-refractivity contribution in [2.45, 2.75) is 33.1 Å². The van der Waals surface area contributed by atoms with E-state index in [9.17, 15) is 14.4 Å². The van der Waals surface area contributed by atoms with E-state index < -0.39 is 12.5 Å². The van der Waals surface area contributed by atoms with Gasteiger partial charge >= 0.3 is 5.97 Å². The van der Waals surface area contributed by atoms with Crippen molar-refractivity contribution in [1.82, 2.24) is 10.3 Å². The standard InChI is InChI=1S/C18H21N3O4S/c1-3-4-15-20-11(2)17(26-15)18(25)21-13-7-5-12(6-8-13)9-14(22)19-10-16(23)24/h5-8H,3-4,9-10H2,1-2H3,(H,19,22)(H,21,25)(H,23,24). The zero-order valence-electron chi connectivity index (χ0n) is 14.7. The van der Waals surface area contributed by atoms with Gasteiger partial charge in [0.25, 0.3) is 5.91 Å². The summed E-state index contributed by atoms with van der Waals surface area (Å²) in [6, 6.07) is 6.86. The Hall–Kier alpha value is -2.74. The first-order valence-electron chi connectivity index (χ1n) is 8.24. The summed E-state index contributed by atoms with van der Waals surface area (Å²) in [4.78, 5) is 39.4. The number of rotatable bonds is 8. The van der Waals surface area contributed by atoms with Crippen molar-refractivity contribution < 1.29 is 19.5 Å². The van der Waals surface area contributed by atoms with Crippen LogP contribution >= 0.6 is 11.3 Å². The van der Waals surface area contributed by atoms with Gasteiger partial charge in [-0.3, -0.25) is 14.4 Å². The van der Waals surface area contributed by atoms with Crippen molar-refractivity contribution in [2.75, 3.05) is 11.9 Å². The van der Waals surface area contributed by atoms with E-state index in [4.69, 9.17) is 5.11 Å². The molecular formula is C18H21N3O4S. The van der Waals surface area contributed by atoms with Gasteiger partial charge in [0.1, 0.15) is 11.4 Å². The fraction of sp³-hybridized carbons (Fsp3) is 0.333. The first-order chi connectivity index (χ1) is 12.4.